The van der Waals surface area contributed by atoms with Crippen LogP contribution in [0.4, 0.5) is 5.69 Å². The van der Waals surface area contributed by atoms with Crippen LogP contribution in [-0.4, -0.2) is 28.1 Å². The monoisotopic (exact) mass is 421 g/mol. The van der Waals surface area contributed by atoms with E-state index in [1.54, 1.807) is 0 Å². The molecule has 0 unspecified atom stereocenters. The predicted molar refractivity (Wildman–Crippen MR) is 123 cm³/mol. The van der Waals surface area contributed by atoms with Gasteiger partial charge in [0.25, 0.3) is 0 Å². The number of carbonyl (C=O) groups is 1. The molecular weight excluding hydrogens is 392 g/mol. The third-order valence-corrected chi connectivity index (χ3v) is 6.38. The van der Waals surface area contributed by atoms with Gasteiger partial charge < -0.3 is 14.8 Å². The number of quaternary nitrogens is 1. The Balaban J connectivity index is 1.39. The fourth-order valence-corrected chi connectivity index (χ4v) is 4.59. The molecule has 2 N–H and O–H groups in total. The summed E-state index contributed by atoms with van der Waals surface area (Å²) in [6.07, 6.45) is 3.99. The standard InChI is InChI=1S/C24H28N4OS/c1-2-28-22(19-9-5-3-6-10-19)17-27(24(28)30)18-26-15-13-20(14-16-26)23(29)25-21-11-7-4-8-12-21/h3-12,17,20H,2,13-16,18H2,1H3,(H,25,29)/p+1. The van der Waals surface area contributed by atoms with Gasteiger partial charge in [0.15, 0.2) is 11.4 Å². The lowest BCUT2D eigenvalue weighted by molar-refractivity contribution is -0.928. The van der Waals surface area contributed by atoms with Crippen LogP contribution in [0.5, 0.6) is 0 Å². The lowest BCUT2D eigenvalue weighted by Crippen LogP contribution is -3.12. The minimum atomic E-state index is 0.0852. The van der Waals surface area contributed by atoms with Crippen LogP contribution in [-0.2, 0) is 18.0 Å². The van der Waals surface area contributed by atoms with Crippen LogP contribution in [0.3, 0.4) is 0 Å². The maximum absolute atomic E-state index is 12.6. The Morgan fingerprint density at radius 1 is 1.07 bits per heavy atom. The van der Waals surface area contributed by atoms with Gasteiger partial charge in [0.05, 0.1) is 18.8 Å². The summed E-state index contributed by atoms with van der Waals surface area (Å²) in [5, 5.41) is 3.05. The zero-order valence-electron chi connectivity index (χ0n) is 17.4. The molecule has 5 nitrogen and oxygen atoms in total. The van der Waals surface area contributed by atoms with E-state index in [-0.39, 0.29) is 11.8 Å². The molecule has 1 fully saturated rings. The smallest absolute Gasteiger partial charge is 0.227 e. The van der Waals surface area contributed by atoms with Gasteiger partial charge in [-0.3, -0.25) is 9.36 Å². The second kappa shape index (κ2) is 9.41. The first-order valence-corrected chi connectivity index (χ1v) is 11.1. The number of para-hydroxylation sites is 1. The molecular formula is C24H29N4OS+. The zero-order chi connectivity index (χ0) is 20.9. The van der Waals surface area contributed by atoms with Gasteiger partial charge in [-0.1, -0.05) is 48.5 Å². The summed E-state index contributed by atoms with van der Waals surface area (Å²) in [4.78, 5) is 14.1. The molecule has 1 saturated heterocycles. The lowest BCUT2D eigenvalue weighted by atomic mass is 9.96. The first-order chi connectivity index (χ1) is 14.7. The summed E-state index contributed by atoms with van der Waals surface area (Å²) in [6.45, 7) is 5.79. The zero-order valence-corrected chi connectivity index (χ0v) is 18.2. The molecule has 0 radical (unpaired) electrons. The van der Waals surface area contributed by atoms with Gasteiger partial charge in [0.2, 0.25) is 5.91 Å². The van der Waals surface area contributed by atoms with E-state index < -0.39 is 0 Å². The molecule has 0 atom stereocenters. The number of benzene rings is 2. The Kier molecular flexibility index (Phi) is 6.45. The Morgan fingerprint density at radius 3 is 2.33 bits per heavy atom. The van der Waals surface area contributed by atoms with Crippen LogP contribution in [0.2, 0.25) is 0 Å². The molecule has 1 amide bonds. The number of hydrogen-bond donors (Lipinski definition) is 2. The van der Waals surface area contributed by atoms with Crippen molar-refractivity contribution in [3.8, 4) is 11.3 Å². The molecule has 2 aromatic carbocycles. The number of carbonyl (C=O) groups excluding carboxylic acids is 1. The van der Waals surface area contributed by atoms with Crippen molar-refractivity contribution in [3.63, 3.8) is 0 Å². The normalized spacial score (nSPS) is 18.8. The van der Waals surface area contributed by atoms with Gasteiger partial charge in [0, 0.05) is 37.2 Å². The minimum Gasteiger partial charge on any atom is -0.326 e. The van der Waals surface area contributed by atoms with Crippen LogP contribution in [0.1, 0.15) is 19.8 Å². The average Bonchev–Trinajstić information content (AvgIpc) is 3.10. The third-order valence-electron chi connectivity index (χ3n) is 5.93. The van der Waals surface area contributed by atoms with Crippen molar-refractivity contribution in [2.24, 2.45) is 5.92 Å². The van der Waals surface area contributed by atoms with Crippen LogP contribution >= 0.6 is 12.2 Å². The van der Waals surface area contributed by atoms with E-state index in [0.29, 0.717) is 0 Å². The van der Waals surface area contributed by atoms with E-state index in [4.69, 9.17) is 12.2 Å². The number of imidazole rings is 1. The van der Waals surface area contributed by atoms with Gasteiger partial charge in [-0.2, -0.15) is 0 Å². The number of amides is 1. The molecule has 156 valence electrons. The summed E-state index contributed by atoms with van der Waals surface area (Å²) in [7, 11) is 0. The fourth-order valence-electron chi connectivity index (χ4n) is 4.24. The van der Waals surface area contributed by atoms with Crippen LogP contribution in [0.15, 0.2) is 66.9 Å². The van der Waals surface area contributed by atoms with Gasteiger partial charge in [-0.15, -0.1) is 0 Å². The largest absolute Gasteiger partial charge is 0.326 e. The number of likely N-dealkylation sites (tertiary alicyclic amines) is 1. The summed E-state index contributed by atoms with van der Waals surface area (Å²) in [5.41, 5.74) is 3.23. The molecule has 4 rings (SSSR count). The number of nitrogens with zero attached hydrogens (tertiary/aromatic N) is 2. The molecule has 1 aromatic heterocycles. The number of piperidine rings is 1. The number of hydrogen-bond acceptors (Lipinski definition) is 2. The maximum Gasteiger partial charge on any atom is 0.227 e. The van der Waals surface area contributed by atoms with E-state index in [1.807, 2.05) is 36.4 Å². The van der Waals surface area contributed by atoms with E-state index in [9.17, 15) is 4.79 Å². The van der Waals surface area contributed by atoms with E-state index in [1.165, 1.54) is 16.2 Å². The Bertz CT molecular complexity index is 1030. The summed E-state index contributed by atoms with van der Waals surface area (Å²) in [5.74, 6) is 0.224. The highest BCUT2D eigenvalue weighted by Gasteiger charge is 2.28. The minimum absolute atomic E-state index is 0.0852. The second-order valence-corrected chi connectivity index (χ2v) is 8.28. The third kappa shape index (κ3) is 4.55. The van der Waals surface area contributed by atoms with Crippen molar-refractivity contribution in [3.05, 3.63) is 71.6 Å². The summed E-state index contributed by atoms with van der Waals surface area (Å²) >= 11 is 5.77. The molecule has 1 aliphatic rings. The molecule has 2 heterocycles. The summed E-state index contributed by atoms with van der Waals surface area (Å²) < 4.78 is 5.26. The molecule has 0 aliphatic carbocycles. The highest BCUT2D eigenvalue weighted by atomic mass is 32.1. The Morgan fingerprint density at radius 2 is 1.70 bits per heavy atom. The number of anilines is 1. The maximum atomic E-state index is 12.6. The van der Waals surface area contributed by atoms with E-state index in [2.05, 4.69) is 51.8 Å². The highest BCUT2D eigenvalue weighted by Crippen LogP contribution is 2.21. The van der Waals surface area contributed by atoms with Gasteiger partial charge >= 0.3 is 0 Å². The van der Waals surface area contributed by atoms with Gasteiger partial charge in [-0.05, 0) is 36.8 Å². The fraction of sp³-hybridized carbons (Fsp3) is 0.333. The SMILES string of the molecule is CCn1c(-c2ccccc2)cn(C[NH+]2CCC(C(=O)Nc3ccccc3)CC2)c1=S. The first-order valence-electron chi connectivity index (χ1n) is 10.7. The molecule has 6 heteroatoms. The first kappa shape index (κ1) is 20.6. The van der Waals surface area contributed by atoms with Crippen LogP contribution in [0.25, 0.3) is 11.3 Å². The van der Waals surface area contributed by atoms with E-state index in [0.717, 1.165) is 49.6 Å². The molecule has 30 heavy (non-hydrogen) atoms. The van der Waals surface area contributed by atoms with Crippen LogP contribution < -0.4 is 10.2 Å². The van der Waals surface area contributed by atoms with Crippen molar-refractivity contribution < 1.29 is 9.69 Å². The van der Waals surface area contributed by atoms with Crippen molar-refractivity contribution in [2.45, 2.75) is 33.0 Å². The topological polar surface area (TPSA) is 43.4 Å². The number of aromatic nitrogens is 2. The van der Waals surface area contributed by atoms with Crippen molar-refractivity contribution in [1.29, 1.82) is 0 Å². The average molecular weight is 422 g/mol. The molecule has 3 aromatic rings. The lowest BCUT2D eigenvalue weighted by Gasteiger charge is -2.28. The van der Waals surface area contributed by atoms with Crippen molar-refractivity contribution in [1.82, 2.24) is 9.13 Å². The van der Waals surface area contributed by atoms with Gasteiger partial charge in [0.1, 0.15) is 0 Å². The van der Waals surface area contributed by atoms with Gasteiger partial charge in [-0.25, -0.2) is 0 Å². The Labute approximate surface area is 183 Å². The Hall–Kier alpha value is -2.70. The molecule has 0 bridgehead atoms. The molecule has 0 saturated carbocycles. The number of nitrogens with one attached hydrogen (secondary N) is 2. The predicted octanol–water partition coefficient (Wildman–Crippen LogP) is 3.60. The number of rotatable bonds is 6. The molecule has 0 spiro atoms. The quantitative estimate of drug-likeness (QED) is 0.598. The highest BCUT2D eigenvalue weighted by molar-refractivity contribution is 7.71. The van der Waals surface area contributed by atoms with Crippen molar-refractivity contribution >= 4 is 23.8 Å². The van der Waals surface area contributed by atoms with E-state index >= 15 is 0 Å². The summed E-state index contributed by atoms with van der Waals surface area (Å²) in [6, 6.07) is 20.1. The second-order valence-electron chi connectivity index (χ2n) is 7.91. The molecule has 1 aliphatic heterocycles. The van der Waals surface area contributed by atoms with Crippen LogP contribution in [0, 0.1) is 10.7 Å². The van der Waals surface area contributed by atoms with Crippen molar-refractivity contribution in [2.75, 3.05) is 18.4 Å².